The summed E-state index contributed by atoms with van der Waals surface area (Å²) in [6, 6.07) is 30.3. The third-order valence-corrected chi connectivity index (χ3v) is 38.8. The van der Waals surface area contributed by atoms with Crippen molar-refractivity contribution in [1.82, 2.24) is 0 Å². The van der Waals surface area contributed by atoms with Crippen LogP contribution < -0.4 is 0 Å². The number of hydrogen-bond donors (Lipinski definition) is 0. The molecule has 121 heavy (non-hydrogen) atoms. The van der Waals surface area contributed by atoms with E-state index in [9.17, 15) is 0 Å². The van der Waals surface area contributed by atoms with E-state index in [4.69, 9.17) is 0 Å². The number of benzene rings is 5. The number of hydrogen-bond acceptors (Lipinski definition) is 0. The van der Waals surface area contributed by atoms with Gasteiger partial charge in [-0.2, -0.15) is 0 Å². The van der Waals surface area contributed by atoms with Crippen molar-refractivity contribution in [3.05, 3.63) is 164 Å². The van der Waals surface area contributed by atoms with Gasteiger partial charge in [-0.05, 0) is 438 Å². The van der Waals surface area contributed by atoms with Gasteiger partial charge in [0.1, 0.15) is 0 Å². The molecule has 0 radical (unpaired) electrons. The summed E-state index contributed by atoms with van der Waals surface area (Å²) < 4.78 is 0. The molecule has 0 amide bonds. The first kappa shape index (κ1) is 108. The Bertz CT molecular complexity index is 3370. The Kier molecular flexibility index (Phi) is 44.6. The van der Waals surface area contributed by atoms with Crippen molar-refractivity contribution in [3.63, 3.8) is 0 Å². The molecule has 13 aliphatic carbocycles. The van der Waals surface area contributed by atoms with Crippen LogP contribution in [0.4, 0.5) is 0 Å². The van der Waals surface area contributed by atoms with Crippen molar-refractivity contribution in [1.29, 1.82) is 0 Å². The van der Waals surface area contributed by atoms with Crippen molar-refractivity contribution < 1.29 is 0 Å². The van der Waals surface area contributed by atoms with Crippen molar-refractivity contribution in [2.45, 2.75) is 374 Å². The highest BCUT2D eigenvalue weighted by Gasteiger charge is 2.51. The fourth-order valence-corrected chi connectivity index (χ4v) is 25.2. The highest BCUT2D eigenvalue weighted by molar-refractivity contribution is 5.85. The van der Waals surface area contributed by atoms with Crippen LogP contribution in [0, 0.1) is 296 Å². The molecule has 0 spiro atoms. The van der Waals surface area contributed by atoms with E-state index >= 15 is 0 Å². The first-order valence-corrected chi connectivity index (χ1v) is 51.8. The molecular weight excluding hydrogens is 1450 g/mol. The normalized spacial score (nSPS) is 38.9. The molecule has 5 aromatic rings. The van der Waals surface area contributed by atoms with Gasteiger partial charge in [-0.1, -0.05) is 324 Å². The molecular formula is C121H204. The van der Waals surface area contributed by atoms with Crippen molar-refractivity contribution >= 4 is 10.8 Å². The molecule has 11 fully saturated rings. The lowest BCUT2D eigenvalue weighted by molar-refractivity contribution is -0.0466. The van der Waals surface area contributed by atoms with E-state index in [1.165, 1.54) is 161 Å². The van der Waals surface area contributed by atoms with Crippen LogP contribution in [0.5, 0.6) is 0 Å². The van der Waals surface area contributed by atoms with Crippen LogP contribution in [-0.2, 0) is 0 Å². The third kappa shape index (κ3) is 29.6. The summed E-state index contributed by atoms with van der Waals surface area (Å²) in [6.07, 6.45) is 24.2. The average Bonchev–Trinajstić information content (AvgIpc) is 1.68. The minimum atomic E-state index is 0.861. The molecule has 0 heteroatoms. The lowest BCUT2D eigenvalue weighted by atomic mass is 9.52. The van der Waals surface area contributed by atoms with E-state index in [1.54, 1.807) is 0 Å². The predicted molar refractivity (Wildman–Crippen MR) is 545 cm³/mol. The van der Waals surface area contributed by atoms with Crippen LogP contribution >= 0.6 is 0 Å². The molecule has 13 aliphatic rings. The van der Waals surface area contributed by atoms with Crippen LogP contribution in [0.15, 0.2) is 97.1 Å². The van der Waals surface area contributed by atoms with Crippen LogP contribution in [0.1, 0.15) is 358 Å². The molecule has 0 saturated heterocycles. The molecule has 0 N–H and O–H groups in total. The maximum atomic E-state index is 2.48. The van der Waals surface area contributed by atoms with E-state index in [0.29, 0.717) is 0 Å². The zero-order valence-electron chi connectivity index (χ0n) is 88.2. The van der Waals surface area contributed by atoms with E-state index in [2.05, 4.69) is 388 Å². The summed E-state index contributed by atoms with van der Waals surface area (Å²) >= 11 is 0. The second kappa shape index (κ2) is 50.2. The Morgan fingerprint density at radius 2 is 0.397 bits per heavy atom. The van der Waals surface area contributed by atoms with Crippen molar-refractivity contribution in [2.24, 2.45) is 213 Å². The number of aryl methyl sites for hydroxylation is 12. The molecule has 0 heterocycles. The van der Waals surface area contributed by atoms with Gasteiger partial charge in [0, 0.05) is 0 Å². The van der Waals surface area contributed by atoms with Gasteiger partial charge < -0.3 is 0 Å². The summed E-state index contributed by atoms with van der Waals surface area (Å²) in [6.45, 7) is 97.9. The van der Waals surface area contributed by atoms with Gasteiger partial charge in [0.15, 0.2) is 0 Å². The summed E-state index contributed by atoms with van der Waals surface area (Å²) in [5, 5.41) is 2.72. The topological polar surface area (TPSA) is 0 Å². The van der Waals surface area contributed by atoms with Crippen LogP contribution in [-0.4, -0.2) is 0 Å². The van der Waals surface area contributed by atoms with Gasteiger partial charge in [0.2, 0.25) is 0 Å². The van der Waals surface area contributed by atoms with Crippen molar-refractivity contribution in [3.8, 4) is 0 Å². The average molecular weight is 1660 g/mol. The lowest BCUT2D eigenvalue weighted by Crippen LogP contribution is -2.47. The molecule has 0 nitrogen and oxygen atoms in total. The fraction of sp³-hybridized carbons (Fsp3) is 0.752. The zero-order chi connectivity index (χ0) is 91.4. The fourth-order valence-electron chi connectivity index (χ4n) is 25.2. The minimum absolute atomic E-state index is 0.861. The van der Waals surface area contributed by atoms with Crippen molar-refractivity contribution in [2.75, 3.05) is 0 Å². The first-order valence-electron chi connectivity index (χ1n) is 51.8. The van der Waals surface area contributed by atoms with E-state index in [-0.39, 0.29) is 0 Å². The number of allylic oxidation sites excluding steroid dienone is 2. The standard InChI is InChI=1S/C16H30.C14H16.C12H22.C12H20.C11H20.C10H20.C10H14.C9H18.C8H16.2C8H10.C3H8/c1-11-5-7-15(9-13(11)3)16-8-6-12(2)14(4)10-16;1-9-5-13-7-11(3)12(4)8-14(13)6-10(9)2;2*1-7-8(2)12-6-5-11(7)9(3)10(12)4;1-6-7(2)11-5-10(6)8(3)9(11)4;2*1-7-5-9(3)10(4)6-8(7)2;1-6-5-7(2)9(4)8(6)3;1-5-6(2)8(4)7(5)3;2*1-7-5-3-4-6-8(7)2;1-3-2/h11-16H,5-10H2,1-4H3;5-8H,1-4H3;7-12H,5-6H2,1-4H3;5-12H,1-4H3;6-11H,5H2,1-4H3;7-10H,5-6H2,1-4H3;5-6H,1-4H3;6-9H,5H2,1-4H3;5-8H,1-4H3;2*3-6H,1-2H3;3H2,1-2H3. The molecule has 0 aliphatic heterocycles. The highest BCUT2D eigenvalue weighted by atomic mass is 14.6. The molecule has 5 aromatic carbocycles. The predicted octanol–water partition coefficient (Wildman–Crippen LogP) is 37.0. The molecule has 0 aromatic heterocycles. The Hall–Kier alpha value is -3.90. The van der Waals surface area contributed by atoms with Gasteiger partial charge in [0.25, 0.3) is 0 Å². The zero-order valence-corrected chi connectivity index (χ0v) is 88.2. The van der Waals surface area contributed by atoms with Gasteiger partial charge in [-0.25, -0.2) is 0 Å². The van der Waals surface area contributed by atoms with Gasteiger partial charge in [-0.3, -0.25) is 0 Å². The summed E-state index contributed by atoms with van der Waals surface area (Å²) in [5.74, 6) is 35.2. The van der Waals surface area contributed by atoms with E-state index in [0.717, 1.165) is 213 Å². The Morgan fingerprint density at radius 3 is 0.595 bits per heavy atom. The Morgan fingerprint density at radius 1 is 0.190 bits per heavy atom. The quantitative estimate of drug-likeness (QED) is 0.147. The monoisotopic (exact) mass is 1660 g/mol. The molecule has 18 rings (SSSR count). The summed E-state index contributed by atoms with van der Waals surface area (Å²) in [5.41, 5.74) is 16.5. The second-order valence-electron chi connectivity index (χ2n) is 46.2. The summed E-state index contributed by atoms with van der Waals surface area (Å²) in [4.78, 5) is 0. The molecule has 26 unspecified atom stereocenters. The van der Waals surface area contributed by atoms with Crippen LogP contribution in [0.2, 0.25) is 0 Å². The summed E-state index contributed by atoms with van der Waals surface area (Å²) in [7, 11) is 0. The molecule has 11 saturated carbocycles. The first-order chi connectivity index (χ1) is 56.5. The van der Waals surface area contributed by atoms with Gasteiger partial charge in [-0.15, -0.1) is 0 Å². The van der Waals surface area contributed by atoms with Gasteiger partial charge >= 0.3 is 0 Å². The van der Waals surface area contributed by atoms with E-state index < -0.39 is 0 Å². The largest absolute Gasteiger partial charge is 0.0846 e. The Labute approximate surface area is 757 Å². The molecule has 688 valence electrons. The maximum Gasteiger partial charge on any atom is -0.0176 e. The van der Waals surface area contributed by atoms with Crippen LogP contribution in [0.3, 0.4) is 0 Å². The minimum Gasteiger partial charge on any atom is -0.0846 e. The third-order valence-electron chi connectivity index (χ3n) is 38.8. The number of fused-ring (bicyclic) bond motifs is 8. The lowest BCUT2D eigenvalue weighted by Gasteiger charge is -2.53. The maximum absolute atomic E-state index is 2.48. The molecule has 26 atom stereocenters. The number of rotatable bonds is 1. The Balaban J connectivity index is 0.000000237. The SMILES string of the molecule is CC1C(C)C(C)C1C.CC1C(C)C2C=CC1C(C)C2C.CC1C(C)C2CC1C(C)C2C.CC1C(C)C2CCC1C(C)C2C.CC1CC(C)C(C)C1C.CC1CC(C)C(C)CC1C.CC1CCC(C2CCC(C)C(C)C2)CC1C.CCC.Cc1cc(C)c(C)cc1C.Cc1cc2cc(C)c(C)cc2cc1C.Cc1ccccc1C.Cc1ccccc1C. The molecule has 6 bridgehead atoms. The van der Waals surface area contributed by atoms with E-state index in [1.807, 2.05) is 0 Å². The van der Waals surface area contributed by atoms with Crippen LogP contribution in [0.25, 0.3) is 10.8 Å². The second-order valence-corrected chi connectivity index (χ2v) is 46.2. The van der Waals surface area contributed by atoms with Gasteiger partial charge in [0.05, 0.1) is 0 Å². The highest BCUT2D eigenvalue weighted by Crippen LogP contribution is 2.58. The smallest absolute Gasteiger partial charge is 0.0176 e.